The molecule has 1 heterocycles. The second-order valence-corrected chi connectivity index (χ2v) is 13.2. The maximum absolute atomic E-state index is 3.40. The van der Waals surface area contributed by atoms with Crippen molar-refractivity contribution < 1.29 is 0 Å². The van der Waals surface area contributed by atoms with Gasteiger partial charge in [0.25, 0.3) is 0 Å². The Bertz CT molecular complexity index is 593. The molecule has 4 heteroatoms. The number of halogens is 2. The van der Waals surface area contributed by atoms with E-state index in [1.54, 1.807) is 11.3 Å². The fourth-order valence-electron chi connectivity index (χ4n) is 1.02. The van der Waals surface area contributed by atoms with Crippen molar-refractivity contribution in [3.05, 3.63) is 37.4 Å². The van der Waals surface area contributed by atoms with Crippen molar-refractivity contribution in [2.45, 2.75) is 19.6 Å². The third-order valence-electron chi connectivity index (χ3n) is 1.86. The minimum Gasteiger partial charge on any atom is -0.144 e. The van der Waals surface area contributed by atoms with E-state index < -0.39 is 8.07 Å². The monoisotopic (exact) mass is 412 g/mol. The predicted molar refractivity (Wildman–Crippen MR) is 97.1 cm³/mol. The topological polar surface area (TPSA) is 0 Å². The first-order valence-electron chi connectivity index (χ1n) is 5.68. The Morgan fingerprint density at radius 3 is 2.53 bits per heavy atom. The van der Waals surface area contributed by atoms with Crippen LogP contribution in [0.1, 0.15) is 4.88 Å². The third kappa shape index (κ3) is 7.60. The molecular weight excluding hydrogens is 400 g/mol. The lowest BCUT2D eigenvalue weighted by molar-refractivity contribution is 1.81. The molecule has 0 aromatic carbocycles. The quantitative estimate of drug-likeness (QED) is 0.334. The second kappa shape index (κ2) is 7.92. The van der Waals surface area contributed by atoms with Crippen LogP contribution in [-0.2, 0) is 0 Å². The van der Waals surface area contributed by atoms with Gasteiger partial charge in [-0.2, -0.15) is 0 Å². The minimum atomic E-state index is -1.34. The lowest BCUT2D eigenvalue weighted by Gasteiger charge is -2.01. The summed E-state index contributed by atoms with van der Waals surface area (Å²) in [5.74, 6) is 8.92. The Hall–Kier alpha value is -0.523. The maximum atomic E-state index is 3.40. The van der Waals surface area contributed by atoms with E-state index in [1.807, 2.05) is 18.2 Å². The SMILES string of the molecule is C[Si](C)(C)C#CC#CC(/C=C/c1cccs1)=C(Br)Br. The highest BCUT2D eigenvalue weighted by Gasteiger charge is 2.06. The van der Waals surface area contributed by atoms with Gasteiger partial charge < -0.3 is 0 Å². The van der Waals surface area contributed by atoms with E-state index in [1.165, 1.54) is 4.88 Å². The molecule has 1 aromatic rings. The molecule has 0 unspecified atom stereocenters. The van der Waals surface area contributed by atoms with Crippen LogP contribution < -0.4 is 0 Å². The fraction of sp³-hybridized carbons (Fsp3) is 0.200. The van der Waals surface area contributed by atoms with Crippen LogP contribution in [0.3, 0.4) is 0 Å². The predicted octanol–water partition coefficient (Wildman–Crippen LogP) is 5.65. The number of rotatable bonds is 2. The molecule has 0 bridgehead atoms. The van der Waals surface area contributed by atoms with Crippen molar-refractivity contribution in [3.8, 4) is 23.3 Å². The standard InChI is InChI=1S/C15H14Br2SSi/c1-19(2,3)12-5-4-7-13(15(16)17)9-10-14-8-6-11-18-14/h6,8-11H,1-3H3/b10-9+. The van der Waals surface area contributed by atoms with Gasteiger partial charge in [-0.25, -0.2) is 0 Å². The number of thiophene rings is 1. The molecule has 0 amide bonds. The first-order valence-corrected chi connectivity index (χ1v) is 11.6. The van der Waals surface area contributed by atoms with Gasteiger partial charge in [0.2, 0.25) is 0 Å². The van der Waals surface area contributed by atoms with Crippen LogP contribution in [0.25, 0.3) is 6.08 Å². The number of hydrogen-bond acceptors (Lipinski definition) is 1. The van der Waals surface area contributed by atoms with E-state index in [2.05, 4.69) is 86.3 Å². The molecule has 1 rings (SSSR count). The molecule has 98 valence electrons. The van der Waals surface area contributed by atoms with E-state index in [4.69, 9.17) is 0 Å². The summed E-state index contributed by atoms with van der Waals surface area (Å²) in [6.07, 6.45) is 4.02. The summed E-state index contributed by atoms with van der Waals surface area (Å²) >= 11 is 8.50. The fourth-order valence-corrected chi connectivity index (χ4v) is 2.54. The van der Waals surface area contributed by atoms with Gasteiger partial charge in [-0.15, -0.1) is 16.9 Å². The molecule has 0 fully saturated rings. The highest BCUT2D eigenvalue weighted by atomic mass is 79.9. The summed E-state index contributed by atoms with van der Waals surface area (Å²) in [5.41, 5.74) is 4.11. The van der Waals surface area contributed by atoms with Crippen molar-refractivity contribution in [1.82, 2.24) is 0 Å². The molecule has 0 nitrogen and oxygen atoms in total. The summed E-state index contributed by atoms with van der Waals surface area (Å²) in [4.78, 5) is 1.20. The first-order chi connectivity index (χ1) is 8.88. The van der Waals surface area contributed by atoms with E-state index in [-0.39, 0.29) is 0 Å². The molecule has 0 aliphatic carbocycles. The van der Waals surface area contributed by atoms with Gasteiger partial charge in [0.15, 0.2) is 0 Å². The van der Waals surface area contributed by atoms with Gasteiger partial charge in [-0.3, -0.25) is 0 Å². The Labute approximate surface area is 137 Å². The minimum absolute atomic E-state index is 0.843. The second-order valence-electron chi connectivity index (χ2n) is 4.77. The van der Waals surface area contributed by atoms with Gasteiger partial charge in [0, 0.05) is 10.5 Å². The lowest BCUT2D eigenvalue weighted by atomic mass is 10.2. The molecule has 0 aliphatic rings. The Morgan fingerprint density at radius 2 is 2.00 bits per heavy atom. The van der Waals surface area contributed by atoms with Crippen LogP contribution in [0.5, 0.6) is 0 Å². The van der Waals surface area contributed by atoms with Crippen LogP contribution in [0.2, 0.25) is 19.6 Å². The average molecular weight is 414 g/mol. The molecule has 19 heavy (non-hydrogen) atoms. The summed E-state index contributed by atoms with van der Waals surface area (Å²) < 4.78 is 0.843. The molecule has 0 aliphatic heterocycles. The van der Waals surface area contributed by atoms with Gasteiger partial charge in [0.1, 0.15) is 8.07 Å². The molecule has 0 saturated heterocycles. The lowest BCUT2D eigenvalue weighted by Crippen LogP contribution is -2.16. The number of hydrogen-bond donors (Lipinski definition) is 0. The van der Waals surface area contributed by atoms with E-state index in [0.29, 0.717) is 0 Å². The normalized spacial score (nSPS) is 10.4. The van der Waals surface area contributed by atoms with E-state index >= 15 is 0 Å². The van der Waals surface area contributed by atoms with Crippen molar-refractivity contribution in [3.63, 3.8) is 0 Å². The summed E-state index contributed by atoms with van der Waals surface area (Å²) in [6, 6.07) is 4.10. The van der Waals surface area contributed by atoms with Crippen LogP contribution >= 0.6 is 43.2 Å². The van der Waals surface area contributed by atoms with E-state index in [0.717, 1.165) is 8.96 Å². The van der Waals surface area contributed by atoms with Crippen LogP contribution in [0.15, 0.2) is 32.6 Å². The summed E-state index contributed by atoms with van der Waals surface area (Å²) in [7, 11) is -1.34. The van der Waals surface area contributed by atoms with E-state index in [9.17, 15) is 0 Å². The van der Waals surface area contributed by atoms with Crippen LogP contribution in [0, 0.1) is 23.3 Å². The van der Waals surface area contributed by atoms with Gasteiger partial charge in [0.05, 0.1) is 3.39 Å². The van der Waals surface area contributed by atoms with Crippen molar-refractivity contribution in [2.75, 3.05) is 0 Å². The average Bonchev–Trinajstić information content (AvgIpc) is 2.79. The van der Waals surface area contributed by atoms with Crippen molar-refractivity contribution >= 4 is 57.3 Å². The zero-order valence-electron chi connectivity index (χ0n) is 11.1. The molecule has 0 radical (unpaired) electrons. The largest absolute Gasteiger partial charge is 0.144 e. The molecule has 1 aromatic heterocycles. The third-order valence-corrected chi connectivity index (χ3v) is 4.43. The Morgan fingerprint density at radius 1 is 1.26 bits per heavy atom. The highest BCUT2D eigenvalue weighted by molar-refractivity contribution is 9.28. The summed E-state index contributed by atoms with van der Waals surface area (Å²) in [6.45, 7) is 6.61. The zero-order chi connectivity index (χ0) is 14.3. The summed E-state index contributed by atoms with van der Waals surface area (Å²) in [5, 5.41) is 2.05. The highest BCUT2D eigenvalue weighted by Crippen LogP contribution is 2.21. The van der Waals surface area contributed by atoms with Crippen LogP contribution in [0.4, 0.5) is 0 Å². The van der Waals surface area contributed by atoms with Crippen molar-refractivity contribution in [1.29, 1.82) is 0 Å². The Kier molecular flexibility index (Phi) is 6.89. The van der Waals surface area contributed by atoms with Gasteiger partial charge in [-0.05, 0) is 67.3 Å². The van der Waals surface area contributed by atoms with Gasteiger partial charge >= 0.3 is 0 Å². The molecule has 0 saturated carbocycles. The molecule has 0 N–H and O–H groups in total. The number of allylic oxidation sites excluding steroid dienone is 2. The van der Waals surface area contributed by atoms with Crippen molar-refractivity contribution in [2.24, 2.45) is 0 Å². The van der Waals surface area contributed by atoms with Crippen LogP contribution in [-0.4, -0.2) is 8.07 Å². The molecular formula is C15H14Br2SSi. The molecule has 0 atom stereocenters. The zero-order valence-corrected chi connectivity index (χ0v) is 16.0. The first kappa shape index (κ1) is 16.5. The molecule has 0 spiro atoms. The maximum Gasteiger partial charge on any atom is 0.130 e. The Balaban J connectivity index is 2.84. The van der Waals surface area contributed by atoms with Gasteiger partial charge in [-0.1, -0.05) is 31.6 Å². The smallest absolute Gasteiger partial charge is 0.130 e.